The monoisotopic (exact) mass is 411 g/mol. The summed E-state index contributed by atoms with van der Waals surface area (Å²) in [6, 6.07) is 12.3. The molecule has 2 rings (SSSR count). The predicted molar refractivity (Wildman–Crippen MR) is 97.3 cm³/mol. The number of hydrogen-bond acceptors (Lipinski definition) is 5. The minimum absolute atomic E-state index is 0.0469. The number of benzene rings is 2. The van der Waals surface area contributed by atoms with Gasteiger partial charge in [-0.15, -0.1) is 13.2 Å². The van der Waals surface area contributed by atoms with Crippen LogP contribution in [-0.2, 0) is 22.6 Å². The number of alkyl halides is 3. The molecular formula is C21H22F3O5-. The van der Waals surface area contributed by atoms with Gasteiger partial charge in [0.1, 0.15) is 23.7 Å². The summed E-state index contributed by atoms with van der Waals surface area (Å²) >= 11 is 0. The Kier molecular flexibility index (Phi) is 7.50. The molecule has 0 radical (unpaired) electrons. The number of rotatable bonds is 10. The molecule has 0 amide bonds. The third kappa shape index (κ3) is 6.67. The first kappa shape index (κ1) is 22.5. The van der Waals surface area contributed by atoms with E-state index in [-0.39, 0.29) is 31.8 Å². The Morgan fingerprint density at radius 3 is 2.24 bits per heavy atom. The Bertz CT molecular complexity index is 805. The number of halogens is 3. The number of carboxylic acids is 1. The second kappa shape index (κ2) is 9.65. The molecule has 0 bridgehead atoms. The van der Waals surface area contributed by atoms with E-state index in [2.05, 4.69) is 4.74 Å². The summed E-state index contributed by atoms with van der Waals surface area (Å²) in [5.41, 5.74) is -0.151. The molecule has 158 valence electrons. The lowest BCUT2D eigenvalue weighted by molar-refractivity contribution is -0.327. The molecule has 0 aliphatic rings. The highest BCUT2D eigenvalue weighted by Gasteiger charge is 2.31. The van der Waals surface area contributed by atoms with Crippen molar-refractivity contribution < 1.29 is 37.3 Å². The van der Waals surface area contributed by atoms with Gasteiger partial charge in [-0.25, -0.2) is 0 Å². The number of carboxylic acid groups (broad SMARTS) is 1. The summed E-state index contributed by atoms with van der Waals surface area (Å²) in [6.45, 7) is 3.74. The summed E-state index contributed by atoms with van der Waals surface area (Å²) in [6.07, 6.45) is -4.34. The third-order valence-corrected chi connectivity index (χ3v) is 4.31. The maximum Gasteiger partial charge on any atom is 0.573 e. The van der Waals surface area contributed by atoms with Crippen molar-refractivity contribution in [2.75, 3.05) is 6.61 Å². The molecule has 0 aliphatic carbocycles. The van der Waals surface area contributed by atoms with Gasteiger partial charge >= 0.3 is 6.36 Å². The smallest absolute Gasteiger partial charge is 0.547 e. The third-order valence-electron chi connectivity index (χ3n) is 4.31. The number of ether oxygens (including phenoxy) is 3. The second-order valence-electron chi connectivity index (χ2n) is 6.37. The van der Waals surface area contributed by atoms with Gasteiger partial charge in [0.2, 0.25) is 0 Å². The van der Waals surface area contributed by atoms with Gasteiger partial charge in [-0.2, -0.15) is 0 Å². The van der Waals surface area contributed by atoms with E-state index in [1.807, 2.05) is 0 Å². The summed E-state index contributed by atoms with van der Waals surface area (Å²) in [5, 5.41) is 11.5. The topological polar surface area (TPSA) is 67.8 Å². The van der Waals surface area contributed by atoms with Gasteiger partial charge in [-0.1, -0.05) is 31.2 Å². The lowest BCUT2D eigenvalue weighted by atomic mass is 9.91. The quantitative estimate of drug-likeness (QED) is 0.597. The highest BCUT2D eigenvalue weighted by Crippen LogP contribution is 2.25. The van der Waals surface area contributed by atoms with Crippen molar-refractivity contribution in [2.24, 2.45) is 0 Å². The fourth-order valence-corrected chi connectivity index (χ4v) is 2.86. The van der Waals surface area contributed by atoms with E-state index in [0.29, 0.717) is 11.3 Å². The van der Waals surface area contributed by atoms with E-state index in [4.69, 9.17) is 9.47 Å². The molecule has 0 spiro atoms. The molecule has 1 unspecified atom stereocenters. The van der Waals surface area contributed by atoms with Crippen molar-refractivity contribution in [1.29, 1.82) is 0 Å². The Morgan fingerprint density at radius 2 is 1.69 bits per heavy atom. The molecule has 2 aromatic carbocycles. The Morgan fingerprint density at radius 1 is 1.00 bits per heavy atom. The van der Waals surface area contributed by atoms with Crippen LogP contribution in [0, 0.1) is 0 Å². The minimum Gasteiger partial charge on any atom is -0.547 e. The molecule has 29 heavy (non-hydrogen) atoms. The zero-order valence-electron chi connectivity index (χ0n) is 16.1. The number of carbonyl (C=O) groups is 1. The van der Waals surface area contributed by atoms with Crippen molar-refractivity contribution in [1.82, 2.24) is 0 Å². The van der Waals surface area contributed by atoms with Gasteiger partial charge in [0.15, 0.2) is 0 Å². The fourth-order valence-electron chi connectivity index (χ4n) is 2.86. The highest BCUT2D eigenvalue weighted by molar-refractivity contribution is 5.75. The van der Waals surface area contributed by atoms with E-state index in [1.165, 1.54) is 18.2 Å². The van der Waals surface area contributed by atoms with Gasteiger partial charge in [0.05, 0.1) is 5.97 Å². The maximum absolute atomic E-state index is 12.3. The summed E-state index contributed by atoms with van der Waals surface area (Å²) in [7, 11) is 0. The summed E-state index contributed by atoms with van der Waals surface area (Å²) < 4.78 is 51.8. The fraction of sp³-hybridized carbons (Fsp3) is 0.381. The summed E-state index contributed by atoms with van der Waals surface area (Å²) in [5.74, 6) is -1.09. The molecule has 0 aromatic heterocycles. The lowest BCUT2D eigenvalue weighted by Crippen LogP contribution is -2.51. The van der Waals surface area contributed by atoms with Gasteiger partial charge in [-0.3, -0.25) is 0 Å². The van der Waals surface area contributed by atoms with Crippen LogP contribution in [0.1, 0.15) is 31.4 Å². The van der Waals surface area contributed by atoms with Crippen molar-refractivity contribution in [2.45, 2.75) is 45.3 Å². The van der Waals surface area contributed by atoms with Crippen LogP contribution in [0.15, 0.2) is 48.5 Å². The van der Waals surface area contributed by atoms with E-state index in [0.717, 1.165) is 5.56 Å². The first-order valence-electron chi connectivity index (χ1n) is 9.09. The standard InChI is InChI=1S/C21H23F3O5/c1-3-20(19(25)26,28-4-2)13-15-8-10-17(11-9-15)27-14-16-6-5-7-18(12-16)29-21(22,23)24/h5-12H,3-4,13-14H2,1-2H3,(H,25,26)/p-1. The van der Waals surface area contributed by atoms with Gasteiger partial charge in [0, 0.05) is 13.0 Å². The van der Waals surface area contributed by atoms with Crippen LogP contribution in [0.2, 0.25) is 0 Å². The van der Waals surface area contributed by atoms with Crippen LogP contribution in [0.5, 0.6) is 11.5 Å². The predicted octanol–water partition coefficient (Wildman–Crippen LogP) is 3.64. The molecule has 5 nitrogen and oxygen atoms in total. The lowest BCUT2D eigenvalue weighted by Gasteiger charge is -2.33. The molecule has 1 atom stereocenters. The van der Waals surface area contributed by atoms with Gasteiger partial charge in [-0.05, 0) is 48.7 Å². The maximum atomic E-state index is 12.3. The molecule has 2 aromatic rings. The molecule has 0 saturated heterocycles. The molecule has 0 fully saturated rings. The minimum atomic E-state index is -4.75. The van der Waals surface area contributed by atoms with Crippen LogP contribution in [0.3, 0.4) is 0 Å². The van der Waals surface area contributed by atoms with Crippen molar-refractivity contribution in [3.8, 4) is 11.5 Å². The SMILES string of the molecule is CCOC(CC)(Cc1ccc(OCc2cccc(OC(F)(F)F)c2)cc1)C(=O)[O-]. The molecular weight excluding hydrogens is 389 g/mol. The summed E-state index contributed by atoms with van der Waals surface area (Å²) in [4.78, 5) is 11.5. The Labute approximate surface area is 167 Å². The first-order valence-corrected chi connectivity index (χ1v) is 9.09. The van der Waals surface area contributed by atoms with E-state index in [1.54, 1.807) is 44.2 Å². The molecule has 0 N–H and O–H groups in total. The van der Waals surface area contributed by atoms with Crippen molar-refractivity contribution >= 4 is 5.97 Å². The Hall–Kier alpha value is -2.74. The average Bonchev–Trinajstić information content (AvgIpc) is 2.66. The normalized spacial score (nSPS) is 13.6. The molecule has 0 saturated carbocycles. The van der Waals surface area contributed by atoms with E-state index in [9.17, 15) is 23.1 Å². The first-order chi connectivity index (χ1) is 13.7. The zero-order chi connectivity index (χ0) is 21.5. The molecule has 0 heterocycles. The van der Waals surface area contributed by atoms with Crippen LogP contribution < -0.4 is 14.6 Å². The van der Waals surface area contributed by atoms with E-state index >= 15 is 0 Å². The van der Waals surface area contributed by atoms with Crippen molar-refractivity contribution in [3.05, 3.63) is 59.7 Å². The number of aliphatic carboxylic acids is 1. The van der Waals surface area contributed by atoms with Crippen LogP contribution >= 0.6 is 0 Å². The molecule has 0 aliphatic heterocycles. The zero-order valence-corrected chi connectivity index (χ0v) is 16.1. The highest BCUT2D eigenvalue weighted by atomic mass is 19.4. The number of carbonyl (C=O) groups excluding carboxylic acids is 1. The van der Waals surface area contributed by atoms with Crippen molar-refractivity contribution in [3.63, 3.8) is 0 Å². The Balaban J connectivity index is 2.01. The average molecular weight is 411 g/mol. The van der Waals surface area contributed by atoms with Crippen LogP contribution in [0.25, 0.3) is 0 Å². The van der Waals surface area contributed by atoms with Gasteiger partial charge < -0.3 is 24.1 Å². The molecule has 8 heteroatoms. The van der Waals surface area contributed by atoms with Gasteiger partial charge in [0.25, 0.3) is 0 Å². The second-order valence-corrected chi connectivity index (χ2v) is 6.37. The largest absolute Gasteiger partial charge is 0.573 e. The van der Waals surface area contributed by atoms with E-state index < -0.39 is 17.9 Å². The van der Waals surface area contributed by atoms with Crippen LogP contribution in [-0.4, -0.2) is 24.5 Å². The van der Waals surface area contributed by atoms with Crippen LogP contribution in [0.4, 0.5) is 13.2 Å². The number of hydrogen-bond donors (Lipinski definition) is 0.